The molecular weight excluding hydrogens is 416 g/mol. The molecule has 5 heterocycles. The lowest BCUT2D eigenvalue weighted by atomic mass is 10.2. The number of hydrogen-bond acceptors (Lipinski definition) is 7. The third-order valence-corrected chi connectivity index (χ3v) is 5.80. The number of nitrogens with one attached hydrogen (secondary N) is 1. The fourth-order valence-corrected chi connectivity index (χ4v) is 4.15. The van der Waals surface area contributed by atoms with Gasteiger partial charge in [-0.1, -0.05) is 24.3 Å². The molecule has 0 atom stereocenters. The lowest BCUT2D eigenvalue weighted by Gasteiger charge is -2.28. The maximum absolute atomic E-state index is 5.54. The maximum atomic E-state index is 5.54. The lowest BCUT2D eigenvalue weighted by Crippen LogP contribution is -2.37. The highest BCUT2D eigenvalue weighted by atomic mass is 16.5. The zero-order valence-corrected chi connectivity index (χ0v) is 17.9. The number of H-pyrrole nitrogens is 1. The maximum Gasteiger partial charge on any atom is 0.179 e. The molecule has 164 valence electrons. The number of pyridine rings is 1. The first-order chi connectivity index (χ1) is 16.4. The summed E-state index contributed by atoms with van der Waals surface area (Å²) in [5.74, 6) is 1.47. The number of nitrogens with zero attached hydrogens (tertiary/aromatic N) is 7. The van der Waals surface area contributed by atoms with E-state index in [1.165, 1.54) is 0 Å². The summed E-state index contributed by atoms with van der Waals surface area (Å²) in [6.45, 7) is 3.38. The Labute approximate surface area is 189 Å². The van der Waals surface area contributed by atoms with Gasteiger partial charge in [-0.15, -0.1) is 5.11 Å². The van der Waals surface area contributed by atoms with Crippen molar-refractivity contribution in [3.63, 3.8) is 0 Å². The van der Waals surface area contributed by atoms with E-state index in [4.69, 9.17) is 9.72 Å². The molecule has 0 amide bonds. The van der Waals surface area contributed by atoms with Crippen LogP contribution in [0.15, 0.2) is 77.3 Å². The van der Waals surface area contributed by atoms with Gasteiger partial charge < -0.3 is 14.6 Å². The van der Waals surface area contributed by atoms with Crippen molar-refractivity contribution in [3.05, 3.63) is 72.7 Å². The Morgan fingerprint density at radius 2 is 1.94 bits per heavy atom. The smallest absolute Gasteiger partial charge is 0.179 e. The lowest BCUT2D eigenvalue weighted by molar-refractivity contribution is 0.122. The molecule has 0 bridgehead atoms. The van der Waals surface area contributed by atoms with E-state index in [1.807, 2.05) is 53.3 Å². The Balaban J connectivity index is 1.39. The Morgan fingerprint density at radius 3 is 2.82 bits per heavy atom. The molecule has 1 saturated heterocycles. The number of morpholine rings is 1. The quantitative estimate of drug-likeness (QED) is 0.411. The van der Waals surface area contributed by atoms with E-state index in [1.54, 1.807) is 6.20 Å². The van der Waals surface area contributed by atoms with Crippen LogP contribution in [0, 0.1) is 0 Å². The van der Waals surface area contributed by atoms with Gasteiger partial charge in [-0.2, -0.15) is 14.7 Å². The van der Waals surface area contributed by atoms with Crippen molar-refractivity contribution in [2.75, 3.05) is 31.2 Å². The van der Waals surface area contributed by atoms with Crippen LogP contribution in [0.3, 0.4) is 0 Å². The van der Waals surface area contributed by atoms with Crippen molar-refractivity contribution in [1.82, 2.24) is 24.6 Å². The molecule has 5 aromatic rings. The molecule has 1 aliphatic rings. The van der Waals surface area contributed by atoms with Crippen LogP contribution in [0.25, 0.3) is 27.8 Å². The summed E-state index contributed by atoms with van der Waals surface area (Å²) in [5, 5.41) is 14.7. The van der Waals surface area contributed by atoms with Gasteiger partial charge in [-0.25, -0.2) is 4.98 Å². The summed E-state index contributed by atoms with van der Waals surface area (Å²) in [4.78, 5) is 14.8. The predicted octanol–water partition coefficient (Wildman–Crippen LogP) is 4.39. The zero-order valence-electron chi connectivity index (χ0n) is 17.9. The van der Waals surface area contributed by atoms with Gasteiger partial charge in [0.05, 0.1) is 37.2 Å². The van der Waals surface area contributed by atoms with E-state index >= 15 is 0 Å². The molecule has 0 spiro atoms. The molecular formula is C24H22N8O. The fourth-order valence-electron chi connectivity index (χ4n) is 4.15. The number of azo groups is 1. The van der Waals surface area contributed by atoms with Crippen LogP contribution in [-0.4, -0.2) is 50.9 Å². The summed E-state index contributed by atoms with van der Waals surface area (Å²) in [7, 11) is 0. The van der Waals surface area contributed by atoms with Crippen molar-refractivity contribution in [1.29, 1.82) is 0 Å². The topological polar surface area (TPSA) is 96.1 Å². The number of anilines is 1. The van der Waals surface area contributed by atoms with Crippen LogP contribution in [0.1, 0.15) is 5.56 Å². The highest BCUT2D eigenvalue weighted by molar-refractivity contribution is 5.83. The van der Waals surface area contributed by atoms with Gasteiger partial charge in [0.25, 0.3) is 0 Å². The van der Waals surface area contributed by atoms with Gasteiger partial charge in [0.1, 0.15) is 5.82 Å². The van der Waals surface area contributed by atoms with Crippen molar-refractivity contribution in [3.8, 4) is 11.3 Å². The summed E-state index contributed by atoms with van der Waals surface area (Å²) in [6, 6.07) is 15.9. The molecule has 1 aliphatic heterocycles. The van der Waals surface area contributed by atoms with Crippen molar-refractivity contribution in [2.24, 2.45) is 10.2 Å². The average Bonchev–Trinajstić information content (AvgIpc) is 3.49. The minimum absolute atomic E-state index is 0.468. The zero-order chi connectivity index (χ0) is 22.0. The molecule has 6 rings (SSSR count). The van der Waals surface area contributed by atoms with Crippen LogP contribution in [0.4, 0.5) is 11.6 Å². The summed E-state index contributed by atoms with van der Waals surface area (Å²) in [6.07, 6.45) is 5.56. The second-order valence-corrected chi connectivity index (χ2v) is 7.84. The first kappa shape index (κ1) is 19.6. The molecule has 0 saturated carbocycles. The fraction of sp³-hybridized carbons (Fsp3) is 0.208. The van der Waals surface area contributed by atoms with Crippen LogP contribution in [-0.2, 0) is 11.3 Å². The highest BCUT2D eigenvalue weighted by Gasteiger charge is 2.19. The first-order valence-electron chi connectivity index (χ1n) is 10.9. The van der Waals surface area contributed by atoms with E-state index in [9.17, 15) is 0 Å². The molecule has 0 aliphatic carbocycles. The number of para-hydroxylation sites is 1. The SMILES string of the molecule is c1ccc(-c2cnn3c(N4CCOCC4)cc(N=NCc4c[nH]c5ccccc45)nc23)nc1. The number of ether oxygens (including phenoxy) is 1. The number of hydrogen-bond donors (Lipinski definition) is 1. The Kier molecular flexibility index (Phi) is 5.00. The second kappa shape index (κ2) is 8.44. The number of aromatic amines is 1. The molecule has 4 aromatic heterocycles. The van der Waals surface area contributed by atoms with Gasteiger partial charge in [0, 0.05) is 48.0 Å². The monoisotopic (exact) mass is 438 g/mol. The largest absolute Gasteiger partial charge is 0.378 e. The van der Waals surface area contributed by atoms with Crippen molar-refractivity contribution >= 4 is 28.2 Å². The summed E-state index contributed by atoms with van der Waals surface area (Å²) >= 11 is 0. The van der Waals surface area contributed by atoms with Gasteiger partial charge >= 0.3 is 0 Å². The molecule has 9 nitrogen and oxygen atoms in total. The number of benzene rings is 1. The normalized spacial score (nSPS) is 14.6. The molecule has 1 fully saturated rings. The second-order valence-electron chi connectivity index (χ2n) is 7.84. The van der Waals surface area contributed by atoms with Gasteiger partial charge in [-0.3, -0.25) is 4.98 Å². The molecule has 1 aromatic carbocycles. The van der Waals surface area contributed by atoms with Crippen molar-refractivity contribution < 1.29 is 4.74 Å². The van der Waals surface area contributed by atoms with Crippen LogP contribution in [0.5, 0.6) is 0 Å². The van der Waals surface area contributed by atoms with E-state index in [-0.39, 0.29) is 0 Å². The third kappa shape index (κ3) is 3.72. The molecule has 33 heavy (non-hydrogen) atoms. The van der Waals surface area contributed by atoms with Gasteiger partial charge in [-0.05, 0) is 18.2 Å². The molecule has 1 N–H and O–H groups in total. The third-order valence-electron chi connectivity index (χ3n) is 5.80. The Bertz CT molecular complexity index is 1430. The van der Waals surface area contributed by atoms with Crippen LogP contribution < -0.4 is 4.90 Å². The standard InChI is InChI=1S/C24H22N8O/c1-2-6-20-18(5-1)17(14-26-20)15-27-30-22-13-23(31-9-11-33-12-10-31)32-24(29-22)19(16-28-32)21-7-3-4-8-25-21/h1-8,13-14,16,26H,9-12,15H2. The minimum atomic E-state index is 0.468. The highest BCUT2D eigenvalue weighted by Crippen LogP contribution is 2.29. The van der Waals surface area contributed by atoms with E-state index in [2.05, 4.69) is 42.3 Å². The van der Waals surface area contributed by atoms with E-state index < -0.39 is 0 Å². The Hall–Kier alpha value is -4.11. The average molecular weight is 438 g/mol. The number of rotatable bonds is 5. The molecule has 0 radical (unpaired) electrons. The van der Waals surface area contributed by atoms with Crippen LogP contribution >= 0.6 is 0 Å². The predicted molar refractivity (Wildman–Crippen MR) is 126 cm³/mol. The van der Waals surface area contributed by atoms with Gasteiger partial charge in [0.15, 0.2) is 11.5 Å². The Morgan fingerprint density at radius 1 is 1.06 bits per heavy atom. The number of fused-ring (bicyclic) bond motifs is 2. The summed E-state index contributed by atoms with van der Waals surface area (Å²) in [5.41, 5.74) is 4.58. The summed E-state index contributed by atoms with van der Waals surface area (Å²) < 4.78 is 7.39. The van der Waals surface area contributed by atoms with Gasteiger partial charge in [0.2, 0.25) is 0 Å². The van der Waals surface area contributed by atoms with E-state index in [0.29, 0.717) is 31.2 Å². The van der Waals surface area contributed by atoms with Crippen molar-refractivity contribution in [2.45, 2.75) is 6.54 Å². The molecule has 0 unspecified atom stereocenters. The molecule has 9 heteroatoms. The van der Waals surface area contributed by atoms with Crippen LogP contribution in [0.2, 0.25) is 0 Å². The number of aromatic nitrogens is 5. The first-order valence-corrected chi connectivity index (χ1v) is 10.9. The minimum Gasteiger partial charge on any atom is -0.378 e. The van der Waals surface area contributed by atoms with E-state index in [0.717, 1.165) is 46.6 Å².